The molecule has 0 saturated carbocycles. The fourth-order valence-corrected chi connectivity index (χ4v) is 5.09. The van der Waals surface area contributed by atoms with E-state index in [1.807, 2.05) is 12.1 Å². The van der Waals surface area contributed by atoms with Crippen molar-refractivity contribution in [3.05, 3.63) is 70.8 Å². The molecular formula is C20H18N4O5S. The average molecular weight is 426 g/mol. The molecule has 0 spiro atoms. The zero-order chi connectivity index (χ0) is 21.3. The summed E-state index contributed by atoms with van der Waals surface area (Å²) in [6, 6.07) is 16.3. The van der Waals surface area contributed by atoms with Crippen molar-refractivity contribution in [2.45, 2.75) is 4.90 Å². The molecule has 1 amide bonds. The zero-order valence-corrected chi connectivity index (χ0v) is 16.6. The minimum atomic E-state index is -3.78. The van der Waals surface area contributed by atoms with Crippen LogP contribution in [0.4, 0.5) is 17.1 Å². The maximum absolute atomic E-state index is 12.9. The molecule has 9 nitrogen and oxygen atoms in total. The Hall–Kier alpha value is -3.66. The summed E-state index contributed by atoms with van der Waals surface area (Å²) in [5.74, 6) is -0.422. The van der Waals surface area contributed by atoms with Gasteiger partial charge in [0, 0.05) is 36.3 Å². The number of nitro groups is 1. The fourth-order valence-electron chi connectivity index (χ4n) is 3.42. The first-order valence-corrected chi connectivity index (χ1v) is 10.6. The summed E-state index contributed by atoms with van der Waals surface area (Å²) in [5, 5.41) is 17.8. The molecule has 154 valence electrons. The Balaban J connectivity index is 1.36. The lowest BCUT2D eigenvalue weighted by Gasteiger charge is -2.18. The number of amides is 1. The van der Waals surface area contributed by atoms with E-state index < -0.39 is 20.9 Å². The van der Waals surface area contributed by atoms with E-state index in [4.69, 9.17) is 0 Å². The number of carbonyl (C=O) groups is 1. The van der Waals surface area contributed by atoms with E-state index in [0.29, 0.717) is 23.3 Å². The van der Waals surface area contributed by atoms with E-state index in [1.54, 1.807) is 36.4 Å². The van der Waals surface area contributed by atoms with Crippen LogP contribution in [0.15, 0.2) is 65.6 Å². The van der Waals surface area contributed by atoms with Gasteiger partial charge in [-0.3, -0.25) is 19.2 Å². The lowest BCUT2D eigenvalue weighted by Crippen LogP contribution is -2.40. The number of anilines is 2. The first-order chi connectivity index (χ1) is 14.4. The molecule has 1 heterocycles. The molecule has 0 bridgehead atoms. The molecule has 0 radical (unpaired) electrons. The summed E-state index contributed by atoms with van der Waals surface area (Å²) >= 11 is 0. The Morgan fingerprint density at radius 1 is 1.00 bits per heavy atom. The molecular weight excluding hydrogens is 408 g/mol. The molecule has 0 fully saturated rings. The first kappa shape index (κ1) is 19.6. The van der Waals surface area contributed by atoms with E-state index in [0.717, 1.165) is 9.69 Å². The van der Waals surface area contributed by atoms with Crippen molar-refractivity contribution in [3.63, 3.8) is 0 Å². The summed E-state index contributed by atoms with van der Waals surface area (Å²) in [7, 11) is -3.78. The van der Waals surface area contributed by atoms with Gasteiger partial charge < -0.3 is 10.6 Å². The van der Waals surface area contributed by atoms with Crippen molar-refractivity contribution in [2.75, 3.05) is 29.3 Å². The van der Waals surface area contributed by atoms with Crippen LogP contribution < -0.4 is 14.9 Å². The number of nitrogens with one attached hydrogen (secondary N) is 2. The normalized spacial score (nSPS) is 13.9. The smallest absolute Gasteiger partial charge is 0.269 e. The van der Waals surface area contributed by atoms with Crippen LogP contribution in [0.3, 0.4) is 0 Å². The van der Waals surface area contributed by atoms with E-state index in [1.165, 1.54) is 12.1 Å². The van der Waals surface area contributed by atoms with Crippen molar-refractivity contribution < 1.29 is 18.1 Å². The van der Waals surface area contributed by atoms with Gasteiger partial charge in [-0.1, -0.05) is 24.3 Å². The summed E-state index contributed by atoms with van der Waals surface area (Å²) < 4.78 is 26.9. The summed E-state index contributed by atoms with van der Waals surface area (Å²) in [5.41, 5.74) is 1.18. The molecule has 0 atom stereocenters. The Labute approximate surface area is 172 Å². The van der Waals surface area contributed by atoms with Gasteiger partial charge in [0.05, 0.1) is 15.5 Å². The molecule has 4 rings (SSSR count). The molecule has 3 aromatic carbocycles. The highest BCUT2D eigenvalue weighted by Crippen LogP contribution is 2.41. The van der Waals surface area contributed by atoms with Gasteiger partial charge in [-0.2, -0.15) is 0 Å². The summed E-state index contributed by atoms with van der Waals surface area (Å²) in [4.78, 5) is 22.8. The number of rotatable bonds is 7. The van der Waals surface area contributed by atoms with Crippen LogP contribution in [0.2, 0.25) is 0 Å². The third kappa shape index (κ3) is 3.52. The van der Waals surface area contributed by atoms with Crippen molar-refractivity contribution in [2.24, 2.45) is 0 Å². The number of sulfonamides is 1. The number of carbonyl (C=O) groups excluding carboxylic acids is 1. The maximum Gasteiger partial charge on any atom is 0.269 e. The minimum absolute atomic E-state index is 0.00306. The molecule has 30 heavy (non-hydrogen) atoms. The second-order valence-corrected chi connectivity index (χ2v) is 8.55. The van der Waals surface area contributed by atoms with Gasteiger partial charge in [-0.15, -0.1) is 0 Å². The quantitative estimate of drug-likeness (QED) is 0.340. The second-order valence-electron chi connectivity index (χ2n) is 6.72. The molecule has 0 unspecified atom stereocenters. The van der Waals surface area contributed by atoms with Crippen LogP contribution in [-0.2, 0) is 14.8 Å². The second kappa shape index (κ2) is 7.64. The molecule has 0 saturated heterocycles. The Bertz CT molecular complexity index is 1240. The predicted molar refractivity (Wildman–Crippen MR) is 113 cm³/mol. The predicted octanol–water partition coefficient (Wildman–Crippen LogP) is 2.49. The number of hydrogen-bond acceptors (Lipinski definition) is 6. The van der Waals surface area contributed by atoms with Gasteiger partial charge in [-0.25, -0.2) is 8.42 Å². The number of nitrogens with zero attached hydrogens (tertiary/aromatic N) is 2. The van der Waals surface area contributed by atoms with Crippen molar-refractivity contribution in [1.29, 1.82) is 0 Å². The van der Waals surface area contributed by atoms with E-state index >= 15 is 0 Å². The highest BCUT2D eigenvalue weighted by Gasteiger charge is 2.36. The van der Waals surface area contributed by atoms with Crippen molar-refractivity contribution in [3.8, 4) is 0 Å². The highest BCUT2D eigenvalue weighted by atomic mass is 32.2. The lowest BCUT2D eigenvalue weighted by atomic mass is 10.1. The molecule has 3 aromatic rings. The topological polar surface area (TPSA) is 122 Å². The Morgan fingerprint density at radius 2 is 1.70 bits per heavy atom. The van der Waals surface area contributed by atoms with Gasteiger partial charge in [0.1, 0.15) is 6.54 Å². The van der Waals surface area contributed by atoms with Gasteiger partial charge in [0.15, 0.2) is 0 Å². The molecule has 2 N–H and O–H groups in total. The fraction of sp³-hybridized carbons (Fsp3) is 0.150. The van der Waals surface area contributed by atoms with Gasteiger partial charge in [0.2, 0.25) is 5.91 Å². The molecule has 1 aliphatic rings. The van der Waals surface area contributed by atoms with Crippen molar-refractivity contribution >= 4 is 43.8 Å². The Morgan fingerprint density at radius 3 is 2.40 bits per heavy atom. The molecule has 10 heteroatoms. The molecule has 0 aliphatic carbocycles. The first-order valence-electron chi connectivity index (χ1n) is 9.17. The average Bonchev–Trinajstić information content (AvgIpc) is 2.95. The van der Waals surface area contributed by atoms with Crippen LogP contribution in [0.1, 0.15) is 0 Å². The van der Waals surface area contributed by atoms with Gasteiger partial charge in [-0.05, 0) is 29.7 Å². The van der Waals surface area contributed by atoms with Gasteiger partial charge in [0.25, 0.3) is 15.7 Å². The highest BCUT2D eigenvalue weighted by molar-refractivity contribution is 7.93. The van der Waals surface area contributed by atoms with Crippen LogP contribution in [0.5, 0.6) is 0 Å². The van der Waals surface area contributed by atoms with E-state index in [9.17, 15) is 23.3 Å². The standard InChI is InChI=1S/C20H18N4O5S/c25-19(22-12-11-21-15-7-9-16(10-8-15)24(26)27)13-23-17-5-1-3-14-4-2-6-18(20(14)17)30(23,28)29/h1-10,21H,11-13H2,(H,22,25). The van der Waals surface area contributed by atoms with E-state index in [2.05, 4.69) is 10.6 Å². The van der Waals surface area contributed by atoms with Crippen LogP contribution in [0.25, 0.3) is 10.8 Å². The van der Waals surface area contributed by atoms with Crippen LogP contribution in [0, 0.1) is 10.1 Å². The summed E-state index contributed by atoms with van der Waals surface area (Å²) in [6.45, 7) is 0.334. The minimum Gasteiger partial charge on any atom is -0.383 e. The third-order valence-corrected chi connectivity index (χ3v) is 6.62. The lowest BCUT2D eigenvalue weighted by molar-refractivity contribution is -0.384. The van der Waals surface area contributed by atoms with E-state index in [-0.39, 0.29) is 23.7 Å². The number of hydrogen-bond donors (Lipinski definition) is 2. The zero-order valence-electron chi connectivity index (χ0n) is 15.7. The number of nitro benzene ring substituents is 1. The van der Waals surface area contributed by atoms with Gasteiger partial charge >= 0.3 is 0 Å². The van der Waals surface area contributed by atoms with Crippen LogP contribution in [-0.4, -0.2) is 38.9 Å². The largest absolute Gasteiger partial charge is 0.383 e. The van der Waals surface area contributed by atoms with Crippen LogP contribution >= 0.6 is 0 Å². The molecule has 1 aliphatic heterocycles. The monoisotopic (exact) mass is 426 g/mol. The Kier molecular flexibility index (Phi) is 5.00. The number of non-ortho nitro benzene ring substituents is 1. The summed E-state index contributed by atoms with van der Waals surface area (Å²) in [6.07, 6.45) is 0. The third-order valence-electron chi connectivity index (χ3n) is 4.82. The SMILES string of the molecule is O=C(CN1c2cccc3cccc(c23)S1(=O)=O)NCCNc1ccc([N+](=O)[O-])cc1. The molecule has 0 aromatic heterocycles. The van der Waals surface area contributed by atoms with Crippen molar-refractivity contribution in [1.82, 2.24) is 5.32 Å². The maximum atomic E-state index is 12.9. The number of benzene rings is 3.